The summed E-state index contributed by atoms with van der Waals surface area (Å²) in [5.74, 6) is -0.404. The first-order valence-corrected chi connectivity index (χ1v) is 6.45. The van der Waals surface area contributed by atoms with E-state index in [1.165, 1.54) is 12.7 Å². The van der Waals surface area contributed by atoms with Crippen LogP contribution in [0.3, 0.4) is 0 Å². The van der Waals surface area contributed by atoms with Crippen LogP contribution < -0.4 is 0 Å². The Bertz CT molecular complexity index is 426. The van der Waals surface area contributed by atoms with E-state index in [1.54, 1.807) is 11.9 Å². The Morgan fingerprint density at radius 3 is 2.21 bits per heavy atom. The van der Waals surface area contributed by atoms with E-state index >= 15 is 0 Å². The molecule has 0 heterocycles. The molecule has 1 aromatic carbocycles. The number of carbonyl (C=O) groups excluding carboxylic acids is 2. The molecule has 0 bridgehead atoms. The summed E-state index contributed by atoms with van der Waals surface area (Å²) < 4.78 is 4.51. The van der Waals surface area contributed by atoms with Gasteiger partial charge in [0.25, 0.3) is 0 Å². The van der Waals surface area contributed by atoms with E-state index in [2.05, 4.69) is 23.8 Å². The van der Waals surface area contributed by atoms with Gasteiger partial charge in [0.15, 0.2) is 0 Å². The Morgan fingerprint density at radius 2 is 1.68 bits per heavy atom. The van der Waals surface area contributed by atoms with Gasteiger partial charge >= 0.3 is 5.97 Å². The third kappa shape index (κ3) is 5.12. The van der Waals surface area contributed by atoms with Gasteiger partial charge in [-0.25, -0.2) is 0 Å². The SMILES string of the molecule is CCc1ccc(CN(C)C(=O)CCC(=O)OC)cc1. The van der Waals surface area contributed by atoms with Gasteiger partial charge in [-0.15, -0.1) is 0 Å². The van der Waals surface area contributed by atoms with Crippen molar-refractivity contribution in [1.29, 1.82) is 0 Å². The van der Waals surface area contributed by atoms with Crippen molar-refractivity contribution in [2.24, 2.45) is 0 Å². The van der Waals surface area contributed by atoms with E-state index in [1.807, 2.05) is 12.1 Å². The molecule has 104 valence electrons. The van der Waals surface area contributed by atoms with Gasteiger partial charge in [-0.1, -0.05) is 31.2 Å². The monoisotopic (exact) mass is 263 g/mol. The van der Waals surface area contributed by atoms with Crippen molar-refractivity contribution in [3.63, 3.8) is 0 Å². The maximum atomic E-state index is 11.8. The minimum Gasteiger partial charge on any atom is -0.469 e. The maximum Gasteiger partial charge on any atom is 0.306 e. The van der Waals surface area contributed by atoms with Crippen LogP contribution in [0.5, 0.6) is 0 Å². The lowest BCUT2D eigenvalue weighted by Crippen LogP contribution is -2.26. The Kier molecular flexibility index (Phi) is 6.06. The van der Waals surface area contributed by atoms with Gasteiger partial charge in [0.2, 0.25) is 5.91 Å². The molecule has 0 aliphatic carbocycles. The van der Waals surface area contributed by atoms with E-state index < -0.39 is 0 Å². The third-order valence-corrected chi connectivity index (χ3v) is 3.05. The van der Waals surface area contributed by atoms with Crippen molar-refractivity contribution in [1.82, 2.24) is 4.90 Å². The molecule has 4 nitrogen and oxygen atoms in total. The Morgan fingerprint density at radius 1 is 1.11 bits per heavy atom. The molecule has 1 amide bonds. The molecule has 1 aromatic rings. The number of methoxy groups -OCH3 is 1. The third-order valence-electron chi connectivity index (χ3n) is 3.05. The van der Waals surface area contributed by atoms with Gasteiger partial charge < -0.3 is 9.64 Å². The smallest absolute Gasteiger partial charge is 0.306 e. The Balaban J connectivity index is 2.46. The molecule has 19 heavy (non-hydrogen) atoms. The molecule has 0 fully saturated rings. The number of carbonyl (C=O) groups is 2. The van der Waals surface area contributed by atoms with E-state index in [4.69, 9.17) is 0 Å². The van der Waals surface area contributed by atoms with Crippen LogP contribution >= 0.6 is 0 Å². The molecule has 0 atom stereocenters. The van der Waals surface area contributed by atoms with Crippen LogP contribution in [0.1, 0.15) is 30.9 Å². The molecule has 0 saturated carbocycles. The normalized spacial score (nSPS) is 10.1. The highest BCUT2D eigenvalue weighted by atomic mass is 16.5. The quantitative estimate of drug-likeness (QED) is 0.739. The van der Waals surface area contributed by atoms with Crippen molar-refractivity contribution < 1.29 is 14.3 Å². The van der Waals surface area contributed by atoms with E-state index in [0.29, 0.717) is 6.54 Å². The summed E-state index contributed by atoms with van der Waals surface area (Å²) in [5, 5.41) is 0. The summed E-state index contributed by atoms with van der Waals surface area (Å²) in [6.07, 6.45) is 1.33. The van der Waals surface area contributed by atoms with Crippen molar-refractivity contribution in [3.05, 3.63) is 35.4 Å². The minimum atomic E-state index is -0.353. The molecule has 4 heteroatoms. The van der Waals surface area contributed by atoms with Crippen LogP contribution in [0.4, 0.5) is 0 Å². The van der Waals surface area contributed by atoms with Crippen LogP contribution in [-0.2, 0) is 27.3 Å². The summed E-state index contributed by atoms with van der Waals surface area (Å²) in [7, 11) is 3.07. The van der Waals surface area contributed by atoms with Gasteiger partial charge in [-0.2, -0.15) is 0 Å². The number of ether oxygens (including phenoxy) is 1. The molecule has 0 N–H and O–H groups in total. The summed E-state index contributed by atoms with van der Waals surface area (Å²) >= 11 is 0. The number of esters is 1. The first-order valence-electron chi connectivity index (χ1n) is 6.45. The van der Waals surface area contributed by atoms with Gasteiger partial charge in [0, 0.05) is 20.0 Å². The fourth-order valence-electron chi connectivity index (χ4n) is 1.74. The molecule has 0 aliphatic heterocycles. The lowest BCUT2D eigenvalue weighted by molar-refractivity contribution is -0.143. The molecule has 0 aliphatic rings. The Hall–Kier alpha value is -1.84. The second-order valence-electron chi connectivity index (χ2n) is 4.50. The van der Waals surface area contributed by atoms with Crippen molar-refractivity contribution in [2.45, 2.75) is 32.7 Å². The summed E-state index contributed by atoms with van der Waals surface area (Å²) in [5.41, 5.74) is 2.37. The average molecular weight is 263 g/mol. The van der Waals surface area contributed by atoms with Crippen LogP contribution in [-0.4, -0.2) is 30.9 Å². The number of aryl methyl sites for hydroxylation is 1. The molecular formula is C15H21NO3. The highest BCUT2D eigenvalue weighted by molar-refractivity contribution is 5.81. The van der Waals surface area contributed by atoms with Crippen molar-refractivity contribution in [3.8, 4) is 0 Å². The predicted molar refractivity (Wildman–Crippen MR) is 73.5 cm³/mol. The second-order valence-corrected chi connectivity index (χ2v) is 4.50. The topological polar surface area (TPSA) is 46.6 Å². The summed E-state index contributed by atoms with van der Waals surface area (Å²) in [6.45, 7) is 2.67. The maximum absolute atomic E-state index is 11.8. The lowest BCUT2D eigenvalue weighted by Gasteiger charge is -2.17. The lowest BCUT2D eigenvalue weighted by atomic mass is 10.1. The second kappa shape index (κ2) is 7.56. The first-order chi connectivity index (χ1) is 9.06. The van der Waals surface area contributed by atoms with Crippen LogP contribution in [0, 0.1) is 0 Å². The predicted octanol–water partition coefficient (Wildman–Crippen LogP) is 2.16. The number of rotatable bonds is 6. The number of benzene rings is 1. The number of nitrogens with zero attached hydrogens (tertiary/aromatic N) is 1. The zero-order valence-electron chi connectivity index (χ0n) is 11.8. The van der Waals surface area contributed by atoms with Gasteiger partial charge in [-0.05, 0) is 17.5 Å². The summed E-state index contributed by atoms with van der Waals surface area (Å²) in [6, 6.07) is 8.20. The fourth-order valence-corrected chi connectivity index (χ4v) is 1.74. The van der Waals surface area contributed by atoms with E-state index in [9.17, 15) is 9.59 Å². The highest BCUT2D eigenvalue weighted by Crippen LogP contribution is 2.08. The average Bonchev–Trinajstić information content (AvgIpc) is 2.44. The van der Waals surface area contributed by atoms with Crippen molar-refractivity contribution >= 4 is 11.9 Å². The number of amides is 1. The molecule has 0 radical (unpaired) electrons. The van der Waals surface area contributed by atoms with E-state index in [0.717, 1.165) is 12.0 Å². The molecule has 0 unspecified atom stereocenters. The van der Waals surface area contributed by atoms with Crippen molar-refractivity contribution in [2.75, 3.05) is 14.2 Å². The van der Waals surface area contributed by atoms with Gasteiger partial charge in [-0.3, -0.25) is 9.59 Å². The zero-order chi connectivity index (χ0) is 14.3. The Labute approximate surface area is 114 Å². The number of hydrogen-bond acceptors (Lipinski definition) is 3. The molecule has 0 spiro atoms. The largest absolute Gasteiger partial charge is 0.469 e. The highest BCUT2D eigenvalue weighted by Gasteiger charge is 2.11. The first kappa shape index (κ1) is 15.2. The van der Waals surface area contributed by atoms with Gasteiger partial charge in [0.1, 0.15) is 0 Å². The number of hydrogen-bond donors (Lipinski definition) is 0. The minimum absolute atomic E-state index is 0.0510. The molecule has 1 rings (SSSR count). The van der Waals surface area contributed by atoms with Crippen LogP contribution in [0.25, 0.3) is 0 Å². The summed E-state index contributed by atoms with van der Waals surface area (Å²) in [4.78, 5) is 24.4. The molecule has 0 saturated heterocycles. The van der Waals surface area contributed by atoms with E-state index in [-0.39, 0.29) is 24.7 Å². The fraction of sp³-hybridized carbons (Fsp3) is 0.467. The molecule has 0 aromatic heterocycles. The van der Waals surface area contributed by atoms with Crippen LogP contribution in [0.2, 0.25) is 0 Å². The zero-order valence-corrected chi connectivity index (χ0v) is 11.8. The molecular weight excluding hydrogens is 242 g/mol. The standard InChI is InChI=1S/C15H21NO3/c1-4-12-5-7-13(8-6-12)11-16(2)14(17)9-10-15(18)19-3/h5-8H,4,9-11H2,1-3H3. The van der Waals surface area contributed by atoms with Gasteiger partial charge in [0.05, 0.1) is 13.5 Å². The van der Waals surface area contributed by atoms with Crippen LogP contribution in [0.15, 0.2) is 24.3 Å².